The maximum absolute atomic E-state index is 12.2. The molecule has 110 valence electrons. The summed E-state index contributed by atoms with van der Waals surface area (Å²) in [6.07, 6.45) is 1.89. The molecule has 20 heavy (non-hydrogen) atoms. The molecular formula is C11H16N4O4S. The summed E-state index contributed by atoms with van der Waals surface area (Å²) in [4.78, 5) is 9.83. The summed E-state index contributed by atoms with van der Waals surface area (Å²) in [5.41, 5.74) is 2.05. The Morgan fingerprint density at radius 3 is 2.60 bits per heavy atom. The molecule has 0 heterocycles. The Labute approximate surface area is 116 Å². The molecule has 1 aromatic rings. The fourth-order valence-electron chi connectivity index (χ4n) is 1.71. The number of nitro groups is 1. The molecule has 1 aromatic carbocycles. The minimum atomic E-state index is -3.95. The number of anilines is 1. The molecule has 8 nitrogen and oxygen atoms in total. The average Bonchev–Trinajstić information content (AvgIpc) is 3.14. The summed E-state index contributed by atoms with van der Waals surface area (Å²) in [7, 11) is -3.95. The second kappa shape index (κ2) is 5.00. The van der Waals surface area contributed by atoms with E-state index >= 15 is 0 Å². The van der Waals surface area contributed by atoms with Gasteiger partial charge in [0.05, 0.1) is 10.6 Å². The summed E-state index contributed by atoms with van der Waals surface area (Å²) in [5, 5.41) is 10.9. The van der Waals surface area contributed by atoms with Crippen molar-refractivity contribution in [2.75, 3.05) is 12.0 Å². The number of nitrogens with one attached hydrogen (secondary N) is 2. The number of nitrogens with zero attached hydrogens (tertiary/aromatic N) is 1. The van der Waals surface area contributed by atoms with Gasteiger partial charge >= 0.3 is 0 Å². The summed E-state index contributed by atoms with van der Waals surface area (Å²) < 4.78 is 26.9. The molecule has 2 rings (SSSR count). The third-order valence-corrected chi connectivity index (χ3v) is 4.84. The van der Waals surface area contributed by atoms with E-state index in [4.69, 9.17) is 5.84 Å². The first-order chi connectivity index (χ1) is 9.27. The molecule has 4 N–H and O–H groups in total. The van der Waals surface area contributed by atoms with Crippen LogP contribution < -0.4 is 16.0 Å². The maximum Gasteiger partial charge on any atom is 0.289 e. The fourth-order valence-corrected chi connectivity index (χ4v) is 3.10. The normalized spacial score (nSPS) is 16.7. The molecule has 1 aliphatic carbocycles. The molecule has 1 saturated carbocycles. The molecule has 0 saturated heterocycles. The number of benzene rings is 1. The minimum absolute atomic E-state index is 0.0361. The van der Waals surface area contributed by atoms with Crippen molar-refractivity contribution >= 4 is 21.4 Å². The van der Waals surface area contributed by atoms with E-state index in [9.17, 15) is 18.5 Å². The van der Waals surface area contributed by atoms with Crippen molar-refractivity contribution in [2.45, 2.75) is 24.7 Å². The van der Waals surface area contributed by atoms with Crippen LogP contribution in [0.2, 0.25) is 0 Å². The van der Waals surface area contributed by atoms with Gasteiger partial charge in [0, 0.05) is 12.6 Å². The SMILES string of the molecule is CC1(CNS(=O)(=O)c2cc(NN)ccc2[N+](=O)[O-])CC1. The van der Waals surface area contributed by atoms with E-state index in [1.165, 1.54) is 6.07 Å². The second-order valence-corrected chi connectivity index (χ2v) is 6.95. The van der Waals surface area contributed by atoms with Crippen LogP contribution in [0.25, 0.3) is 0 Å². The molecule has 0 radical (unpaired) electrons. The van der Waals surface area contributed by atoms with Crippen molar-refractivity contribution in [3.05, 3.63) is 28.3 Å². The highest BCUT2D eigenvalue weighted by Gasteiger charge is 2.39. The summed E-state index contributed by atoms with van der Waals surface area (Å²) in [6, 6.07) is 3.61. The lowest BCUT2D eigenvalue weighted by molar-refractivity contribution is -0.387. The highest BCUT2D eigenvalue weighted by Crippen LogP contribution is 2.44. The van der Waals surface area contributed by atoms with Crippen LogP contribution in [-0.4, -0.2) is 19.9 Å². The van der Waals surface area contributed by atoms with Gasteiger partial charge in [0.2, 0.25) is 10.0 Å². The highest BCUT2D eigenvalue weighted by molar-refractivity contribution is 7.89. The summed E-state index contributed by atoms with van der Waals surface area (Å²) in [6.45, 7) is 2.23. The van der Waals surface area contributed by atoms with Gasteiger partial charge in [-0.25, -0.2) is 13.1 Å². The Morgan fingerprint density at radius 1 is 1.45 bits per heavy atom. The van der Waals surface area contributed by atoms with Crippen molar-refractivity contribution in [1.82, 2.24) is 4.72 Å². The lowest BCUT2D eigenvalue weighted by Crippen LogP contribution is -2.29. The molecule has 0 bridgehead atoms. The van der Waals surface area contributed by atoms with E-state index in [1.54, 1.807) is 0 Å². The second-order valence-electron chi connectivity index (χ2n) is 5.22. The number of hydrogen-bond donors (Lipinski definition) is 3. The number of hydrogen-bond acceptors (Lipinski definition) is 6. The van der Waals surface area contributed by atoms with Gasteiger partial charge in [-0.05, 0) is 30.4 Å². The quantitative estimate of drug-likeness (QED) is 0.408. The molecule has 1 aliphatic rings. The van der Waals surface area contributed by atoms with Crippen LogP contribution in [0.1, 0.15) is 19.8 Å². The number of rotatable bonds is 6. The third kappa shape index (κ3) is 3.06. The maximum atomic E-state index is 12.2. The average molecular weight is 300 g/mol. The highest BCUT2D eigenvalue weighted by atomic mass is 32.2. The van der Waals surface area contributed by atoms with Gasteiger partial charge in [0.1, 0.15) is 0 Å². The Bertz CT molecular complexity index is 640. The van der Waals surface area contributed by atoms with Gasteiger partial charge in [-0.15, -0.1) is 0 Å². The number of sulfonamides is 1. The van der Waals surface area contributed by atoms with E-state index in [1.807, 2.05) is 6.92 Å². The molecule has 0 aromatic heterocycles. The topological polar surface area (TPSA) is 127 Å². The van der Waals surface area contributed by atoms with Crippen LogP contribution >= 0.6 is 0 Å². The summed E-state index contributed by atoms with van der Waals surface area (Å²) >= 11 is 0. The molecule has 0 spiro atoms. The van der Waals surface area contributed by atoms with Gasteiger partial charge in [-0.2, -0.15) is 0 Å². The smallest absolute Gasteiger partial charge is 0.289 e. The monoisotopic (exact) mass is 300 g/mol. The molecule has 0 atom stereocenters. The minimum Gasteiger partial charge on any atom is -0.324 e. The molecule has 1 fully saturated rings. The largest absolute Gasteiger partial charge is 0.324 e. The number of hydrazine groups is 1. The van der Waals surface area contributed by atoms with Gasteiger partial charge in [-0.1, -0.05) is 6.92 Å². The van der Waals surface area contributed by atoms with Gasteiger partial charge in [0.25, 0.3) is 5.69 Å². The van der Waals surface area contributed by atoms with Crippen LogP contribution in [0.5, 0.6) is 0 Å². The first-order valence-corrected chi connectivity index (χ1v) is 7.50. The molecular weight excluding hydrogens is 284 g/mol. The first kappa shape index (κ1) is 14.7. The predicted molar refractivity (Wildman–Crippen MR) is 73.4 cm³/mol. The number of nitrogens with two attached hydrogens (primary N) is 1. The van der Waals surface area contributed by atoms with Gasteiger partial charge in [0.15, 0.2) is 4.90 Å². The van der Waals surface area contributed by atoms with E-state index in [2.05, 4.69) is 10.1 Å². The first-order valence-electron chi connectivity index (χ1n) is 6.02. The van der Waals surface area contributed by atoms with E-state index in [-0.39, 0.29) is 22.5 Å². The van der Waals surface area contributed by atoms with Crippen LogP contribution in [0, 0.1) is 15.5 Å². The Balaban J connectivity index is 2.35. The predicted octanol–water partition coefficient (Wildman–Crippen LogP) is 0.959. The van der Waals surface area contributed by atoms with Gasteiger partial charge in [-0.3, -0.25) is 16.0 Å². The van der Waals surface area contributed by atoms with E-state index in [0.29, 0.717) is 0 Å². The Kier molecular flexibility index (Phi) is 3.67. The lowest BCUT2D eigenvalue weighted by Gasteiger charge is -2.12. The van der Waals surface area contributed by atoms with E-state index < -0.39 is 20.6 Å². The van der Waals surface area contributed by atoms with Gasteiger partial charge < -0.3 is 5.43 Å². The van der Waals surface area contributed by atoms with Crippen LogP contribution in [0.3, 0.4) is 0 Å². The van der Waals surface area contributed by atoms with Crippen LogP contribution in [-0.2, 0) is 10.0 Å². The molecule has 0 unspecified atom stereocenters. The number of nitro benzene ring substituents is 1. The Hall–Kier alpha value is -1.71. The van der Waals surface area contributed by atoms with Crippen molar-refractivity contribution in [1.29, 1.82) is 0 Å². The zero-order valence-corrected chi connectivity index (χ0v) is 11.7. The lowest BCUT2D eigenvalue weighted by atomic mass is 10.2. The standard InChI is InChI=1S/C11H16N4O4S/c1-11(4-5-11)7-13-20(18,19)10-6-8(14-12)2-3-9(10)15(16)17/h2-3,6,13-14H,4-5,7,12H2,1H3. The number of nitrogen functional groups attached to an aromatic ring is 1. The van der Waals surface area contributed by atoms with Crippen molar-refractivity contribution in [3.8, 4) is 0 Å². The summed E-state index contributed by atoms with van der Waals surface area (Å²) in [5.74, 6) is 5.21. The van der Waals surface area contributed by atoms with Crippen molar-refractivity contribution in [2.24, 2.45) is 11.3 Å². The van der Waals surface area contributed by atoms with Crippen LogP contribution in [0.15, 0.2) is 23.1 Å². The zero-order chi connectivity index (χ0) is 15.0. The van der Waals surface area contributed by atoms with E-state index in [0.717, 1.165) is 25.0 Å². The van der Waals surface area contributed by atoms with Crippen molar-refractivity contribution < 1.29 is 13.3 Å². The molecule has 0 amide bonds. The molecule has 9 heteroatoms. The van der Waals surface area contributed by atoms with Crippen LogP contribution in [0.4, 0.5) is 11.4 Å². The van der Waals surface area contributed by atoms with Crippen molar-refractivity contribution in [3.63, 3.8) is 0 Å². The fraction of sp³-hybridized carbons (Fsp3) is 0.455. The third-order valence-electron chi connectivity index (χ3n) is 3.41. The zero-order valence-electron chi connectivity index (χ0n) is 10.9. The Morgan fingerprint density at radius 2 is 2.10 bits per heavy atom. The molecule has 0 aliphatic heterocycles.